The molecule has 0 radical (unpaired) electrons. The lowest BCUT2D eigenvalue weighted by atomic mass is 10.1. The predicted octanol–water partition coefficient (Wildman–Crippen LogP) is 2.34. The number of aliphatic hydroxyl groups excluding tert-OH is 1. The fourth-order valence-electron chi connectivity index (χ4n) is 2.35. The molecule has 22 heavy (non-hydrogen) atoms. The van der Waals surface area contributed by atoms with Gasteiger partial charge in [0.1, 0.15) is 5.75 Å². The number of aliphatic hydroxyl groups is 1. The number of hydrogen-bond donors (Lipinski definition) is 2. The van der Waals surface area contributed by atoms with Crippen LogP contribution < -0.4 is 10.1 Å². The van der Waals surface area contributed by atoms with Crippen molar-refractivity contribution in [1.82, 2.24) is 4.90 Å². The number of alkyl halides is 2. The molecule has 2 rings (SSSR count). The summed E-state index contributed by atoms with van der Waals surface area (Å²) in [5.41, 5.74) is 0.397. The van der Waals surface area contributed by atoms with Crippen LogP contribution in [0, 0.1) is 0 Å². The van der Waals surface area contributed by atoms with Gasteiger partial charge in [-0.15, -0.1) is 0 Å². The van der Waals surface area contributed by atoms with Crippen molar-refractivity contribution in [3.8, 4) is 5.75 Å². The Balaban J connectivity index is 1.89. The summed E-state index contributed by atoms with van der Waals surface area (Å²) in [4.78, 5) is 13.8. The van der Waals surface area contributed by atoms with Crippen LogP contribution in [0.25, 0.3) is 0 Å². The van der Waals surface area contributed by atoms with Crippen molar-refractivity contribution in [2.24, 2.45) is 0 Å². The van der Waals surface area contributed by atoms with Crippen molar-refractivity contribution in [3.63, 3.8) is 0 Å². The minimum Gasteiger partial charge on any atom is -0.433 e. The molecule has 1 fully saturated rings. The number of amides is 1. The maximum Gasteiger partial charge on any atom is 0.387 e. The van der Waals surface area contributed by atoms with Crippen molar-refractivity contribution in [2.45, 2.75) is 25.6 Å². The maximum atomic E-state index is 12.1. The Labute approximate surface area is 131 Å². The number of carbonyl (C=O) groups excluding carboxylic acids is 1. The first kappa shape index (κ1) is 16.9. The van der Waals surface area contributed by atoms with Crippen LogP contribution in [0.5, 0.6) is 5.75 Å². The molecule has 1 aromatic carbocycles. The van der Waals surface area contributed by atoms with Gasteiger partial charge < -0.3 is 15.2 Å². The highest BCUT2D eigenvalue weighted by Crippen LogP contribution is 2.28. The summed E-state index contributed by atoms with van der Waals surface area (Å²) in [6.07, 6.45) is 1.20. The number of likely N-dealkylation sites (tertiary alicyclic amines) is 1. The Bertz CT molecular complexity index is 531. The summed E-state index contributed by atoms with van der Waals surface area (Å²) in [5.74, 6) is -0.401. The van der Waals surface area contributed by atoms with E-state index in [9.17, 15) is 18.7 Å². The lowest BCUT2D eigenvalue weighted by Crippen LogP contribution is -2.42. The molecular formula is C14H17ClF2N2O3. The highest BCUT2D eigenvalue weighted by Gasteiger charge is 2.19. The predicted molar refractivity (Wildman–Crippen MR) is 78.4 cm³/mol. The zero-order valence-electron chi connectivity index (χ0n) is 11.8. The molecule has 0 bridgehead atoms. The van der Waals surface area contributed by atoms with Gasteiger partial charge in [0, 0.05) is 12.2 Å². The number of hydrogen-bond acceptors (Lipinski definition) is 4. The molecule has 1 amide bonds. The lowest BCUT2D eigenvalue weighted by Gasteiger charge is -2.29. The zero-order valence-corrected chi connectivity index (χ0v) is 12.5. The molecule has 0 aliphatic carbocycles. The summed E-state index contributed by atoms with van der Waals surface area (Å²) in [5, 5.41) is 12.2. The molecule has 122 valence electrons. The van der Waals surface area contributed by atoms with E-state index < -0.39 is 12.7 Å². The van der Waals surface area contributed by atoms with Gasteiger partial charge in [-0.05, 0) is 37.6 Å². The van der Waals surface area contributed by atoms with Gasteiger partial charge >= 0.3 is 6.61 Å². The van der Waals surface area contributed by atoms with Gasteiger partial charge in [-0.3, -0.25) is 9.69 Å². The highest BCUT2D eigenvalue weighted by molar-refractivity contribution is 6.32. The number of halogens is 3. The van der Waals surface area contributed by atoms with Gasteiger partial charge in [0.05, 0.1) is 17.7 Å². The van der Waals surface area contributed by atoms with Crippen molar-refractivity contribution in [2.75, 3.05) is 25.0 Å². The number of nitrogens with zero attached hydrogens (tertiary/aromatic N) is 1. The molecular weight excluding hydrogens is 318 g/mol. The summed E-state index contributed by atoms with van der Waals surface area (Å²) >= 11 is 5.81. The van der Waals surface area contributed by atoms with Gasteiger partial charge in [0.25, 0.3) is 0 Å². The third-order valence-electron chi connectivity index (χ3n) is 3.28. The molecule has 1 saturated heterocycles. The molecule has 0 spiro atoms. The first-order valence-corrected chi connectivity index (χ1v) is 7.26. The van der Waals surface area contributed by atoms with Crippen molar-refractivity contribution < 1.29 is 23.4 Å². The molecule has 2 N–H and O–H groups in total. The number of β-amino-alcohol motifs (C(OH)–C–C–N with tert-alkyl or cyclic N) is 1. The largest absolute Gasteiger partial charge is 0.433 e. The fraction of sp³-hybridized carbons (Fsp3) is 0.500. The number of nitrogens with one attached hydrogen (secondary N) is 1. The van der Waals surface area contributed by atoms with Crippen LogP contribution in [-0.4, -0.2) is 48.3 Å². The molecule has 1 heterocycles. The average Bonchev–Trinajstić information content (AvgIpc) is 2.41. The van der Waals surface area contributed by atoms with Crippen LogP contribution in [0.2, 0.25) is 5.02 Å². The molecule has 1 aliphatic heterocycles. The van der Waals surface area contributed by atoms with E-state index in [1.807, 2.05) is 4.90 Å². The van der Waals surface area contributed by atoms with Gasteiger partial charge in [-0.2, -0.15) is 8.78 Å². The third kappa shape index (κ3) is 5.08. The Kier molecular flexibility index (Phi) is 5.93. The molecule has 0 aromatic heterocycles. The molecule has 8 heteroatoms. The smallest absolute Gasteiger partial charge is 0.387 e. The number of piperidine rings is 1. The Hall–Kier alpha value is -1.44. The van der Waals surface area contributed by atoms with E-state index in [4.69, 9.17) is 11.6 Å². The minimum absolute atomic E-state index is 0.00788. The van der Waals surface area contributed by atoms with Crippen LogP contribution in [0.1, 0.15) is 12.8 Å². The second-order valence-electron chi connectivity index (χ2n) is 5.10. The van der Waals surface area contributed by atoms with Gasteiger partial charge in [0.2, 0.25) is 5.91 Å². The van der Waals surface area contributed by atoms with E-state index in [-0.39, 0.29) is 23.2 Å². The van der Waals surface area contributed by atoms with Crippen LogP contribution in [0.15, 0.2) is 18.2 Å². The average molecular weight is 335 g/mol. The normalized spacial score (nSPS) is 19.2. The summed E-state index contributed by atoms with van der Waals surface area (Å²) in [7, 11) is 0. The summed E-state index contributed by atoms with van der Waals surface area (Å²) in [6.45, 7) is -1.57. The Morgan fingerprint density at radius 3 is 2.95 bits per heavy atom. The fourth-order valence-corrected chi connectivity index (χ4v) is 2.57. The van der Waals surface area contributed by atoms with Gasteiger partial charge in [0.15, 0.2) is 0 Å². The van der Waals surface area contributed by atoms with E-state index in [1.165, 1.54) is 18.2 Å². The molecule has 1 aliphatic rings. The number of anilines is 1. The zero-order chi connectivity index (χ0) is 16.1. The Morgan fingerprint density at radius 1 is 1.55 bits per heavy atom. The number of benzene rings is 1. The molecule has 5 nitrogen and oxygen atoms in total. The van der Waals surface area contributed by atoms with E-state index in [0.29, 0.717) is 12.2 Å². The van der Waals surface area contributed by atoms with Crippen molar-refractivity contribution >= 4 is 23.2 Å². The molecule has 0 saturated carbocycles. The van der Waals surface area contributed by atoms with Crippen LogP contribution in [0.3, 0.4) is 0 Å². The van der Waals surface area contributed by atoms with Gasteiger partial charge in [-0.1, -0.05) is 11.6 Å². The standard InChI is InChI=1S/C14H17ClF2N2O3/c15-11-6-9(3-4-12(11)22-14(16)17)18-13(21)8-19-5-1-2-10(20)7-19/h3-4,6,10,14,20H,1-2,5,7-8H2,(H,18,21). The summed E-state index contributed by atoms with van der Waals surface area (Å²) in [6, 6.07) is 4.06. The monoisotopic (exact) mass is 334 g/mol. The van der Waals surface area contributed by atoms with E-state index in [2.05, 4.69) is 10.1 Å². The first-order valence-electron chi connectivity index (χ1n) is 6.88. The van der Waals surface area contributed by atoms with E-state index in [0.717, 1.165) is 19.4 Å². The molecule has 1 unspecified atom stereocenters. The summed E-state index contributed by atoms with van der Waals surface area (Å²) < 4.78 is 28.5. The molecule has 1 atom stereocenters. The second-order valence-corrected chi connectivity index (χ2v) is 5.51. The van der Waals surface area contributed by atoms with Crippen LogP contribution in [-0.2, 0) is 4.79 Å². The minimum atomic E-state index is -2.96. The number of ether oxygens (including phenoxy) is 1. The Morgan fingerprint density at radius 2 is 2.32 bits per heavy atom. The highest BCUT2D eigenvalue weighted by atomic mass is 35.5. The third-order valence-corrected chi connectivity index (χ3v) is 3.57. The van der Waals surface area contributed by atoms with E-state index >= 15 is 0 Å². The van der Waals surface area contributed by atoms with Crippen LogP contribution in [0.4, 0.5) is 14.5 Å². The van der Waals surface area contributed by atoms with E-state index in [1.54, 1.807) is 0 Å². The molecule has 1 aromatic rings. The van der Waals surface area contributed by atoms with Crippen molar-refractivity contribution in [3.05, 3.63) is 23.2 Å². The second kappa shape index (κ2) is 7.71. The number of carbonyl (C=O) groups is 1. The quantitative estimate of drug-likeness (QED) is 0.867. The lowest BCUT2D eigenvalue weighted by molar-refractivity contribution is -0.118. The van der Waals surface area contributed by atoms with Gasteiger partial charge in [-0.25, -0.2) is 0 Å². The van der Waals surface area contributed by atoms with Crippen LogP contribution >= 0.6 is 11.6 Å². The first-order chi connectivity index (χ1) is 10.4. The van der Waals surface area contributed by atoms with Crippen molar-refractivity contribution in [1.29, 1.82) is 0 Å². The number of rotatable bonds is 5. The SMILES string of the molecule is O=C(CN1CCCC(O)C1)Nc1ccc(OC(F)F)c(Cl)c1. The maximum absolute atomic E-state index is 12.1. The topological polar surface area (TPSA) is 61.8 Å².